The Bertz CT molecular complexity index is 2570. The van der Waals surface area contributed by atoms with Crippen molar-refractivity contribution in [3.05, 3.63) is 138 Å². The Hall–Kier alpha value is -5.78. The first-order valence-corrected chi connectivity index (χ1v) is 15.0. The molecule has 0 saturated heterocycles. The Balaban J connectivity index is 1.26. The molecular weight excluding hydrogens is 578 g/mol. The van der Waals surface area contributed by atoms with Gasteiger partial charge in [-0.25, -0.2) is 15.0 Å². The van der Waals surface area contributed by atoms with E-state index in [1.807, 2.05) is 91.0 Å². The van der Waals surface area contributed by atoms with Crippen LogP contribution >= 0.6 is 11.6 Å². The maximum absolute atomic E-state index is 6.46. The van der Waals surface area contributed by atoms with E-state index in [9.17, 15) is 0 Å². The van der Waals surface area contributed by atoms with Crippen LogP contribution in [0.1, 0.15) is 0 Å². The summed E-state index contributed by atoms with van der Waals surface area (Å²) in [7, 11) is 0. The summed E-state index contributed by atoms with van der Waals surface area (Å²) in [5, 5.41) is 4.54. The van der Waals surface area contributed by atoms with E-state index in [1.54, 1.807) is 0 Å². The molecule has 0 aliphatic carbocycles. The first-order valence-electron chi connectivity index (χ1n) is 14.6. The van der Waals surface area contributed by atoms with Gasteiger partial charge in [0.2, 0.25) is 0 Å². The lowest BCUT2D eigenvalue weighted by Gasteiger charge is -2.10. The smallest absolute Gasteiger partial charge is 0.164 e. The molecule has 0 amide bonds. The minimum atomic E-state index is 0.565. The zero-order chi connectivity index (χ0) is 29.9. The molecule has 212 valence electrons. The van der Waals surface area contributed by atoms with Crippen molar-refractivity contribution >= 4 is 55.5 Å². The minimum Gasteiger partial charge on any atom is -0.456 e. The lowest BCUT2D eigenvalue weighted by molar-refractivity contribution is 0.668. The van der Waals surface area contributed by atoms with Crippen molar-refractivity contribution in [1.82, 2.24) is 15.0 Å². The van der Waals surface area contributed by atoms with Crippen LogP contribution in [0.3, 0.4) is 0 Å². The average Bonchev–Trinajstić information content (AvgIpc) is 3.67. The third-order valence-electron chi connectivity index (χ3n) is 8.21. The van der Waals surface area contributed by atoms with Crippen LogP contribution in [0.5, 0.6) is 0 Å². The summed E-state index contributed by atoms with van der Waals surface area (Å²) in [6.07, 6.45) is 0. The first-order chi connectivity index (χ1) is 22.2. The van der Waals surface area contributed by atoms with E-state index >= 15 is 0 Å². The van der Waals surface area contributed by atoms with Gasteiger partial charge >= 0.3 is 0 Å². The molecule has 0 fully saturated rings. The second-order valence-electron chi connectivity index (χ2n) is 11.0. The monoisotopic (exact) mass is 599 g/mol. The number of nitrogens with zero attached hydrogens (tertiary/aromatic N) is 3. The Morgan fingerprint density at radius 1 is 0.378 bits per heavy atom. The predicted molar refractivity (Wildman–Crippen MR) is 181 cm³/mol. The second kappa shape index (κ2) is 10.2. The summed E-state index contributed by atoms with van der Waals surface area (Å²) < 4.78 is 12.2. The highest BCUT2D eigenvalue weighted by Crippen LogP contribution is 2.37. The van der Waals surface area contributed by atoms with Crippen LogP contribution in [-0.4, -0.2) is 15.0 Å². The SMILES string of the molecule is Clc1cccc2c1oc1ccc(-c3nc(-c4cccc(-c5ccccc5)c4)nc(-c4ccc5oc6ccccc6c5c4)n3)cc12. The topological polar surface area (TPSA) is 65.0 Å². The molecule has 0 bridgehead atoms. The van der Waals surface area contributed by atoms with Gasteiger partial charge in [0.15, 0.2) is 23.1 Å². The summed E-state index contributed by atoms with van der Waals surface area (Å²) in [6.45, 7) is 0. The maximum atomic E-state index is 6.46. The number of rotatable bonds is 4. The van der Waals surface area contributed by atoms with E-state index in [1.165, 1.54) is 0 Å². The van der Waals surface area contributed by atoms with Crippen molar-refractivity contribution in [2.45, 2.75) is 0 Å². The van der Waals surface area contributed by atoms with Gasteiger partial charge < -0.3 is 8.83 Å². The summed E-state index contributed by atoms with van der Waals surface area (Å²) in [4.78, 5) is 15.1. The van der Waals surface area contributed by atoms with Gasteiger partial charge in [0, 0.05) is 38.2 Å². The average molecular weight is 600 g/mol. The number of hydrogen-bond donors (Lipinski definition) is 0. The number of para-hydroxylation sites is 2. The zero-order valence-electron chi connectivity index (χ0n) is 23.7. The van der Waals surface area contributed by atoms with Crippen LogP contribution in [-0.2, 0) is 0 Å². The molecule has 0 unspecified atom stereocenters. The van der Waals surface area contributed by atoms with Crippen LogP contribution in [0.4, 0.5) is 0 Å². The first kappa shape index (κ1) is 25.7. The Labute approximate surface area is 262 Å². The van der Waals surface area contributed by atoms with Gasteiger partial charge in [-0.3, -0.25) is 0 Å². The third kappa shape index (κ3) is 4.36. The van der Waals surface area contributed by atoms with E-state index in [2.05, 4.69) is 42.5 Å². The quantitative estimate of drug-likeness (QED) is 0.201. The minimum absolute atomic E-state index is 0.565. The highest BCUT2D eigenvalue weighted by atomic mass is 35.5. The fourth-order valence-corrected chi connectivity index (χ4v) is 6.21. The van der Waals surface area contributed by atoms with E-state index in [0.29, 0.717) is 28.1 Å². The number of furan rings is 2. The van der Waals surface area contributed by atoms with Gasteiger partial charge in [-0.2, -0.15) is 0 Å². The number of hydrogen-bond acceptors (Lipinski definition) is 5. The summed E-state index contributed by atoms with van der Waals surface area (Å²) in [5.41, 5.74) is 7.93. The van der Waals surface area contributed by atoms with Gasteiger partial charge in [-0.05, 0) is 65.7 Å². The molecule has 9 aromatic rings. The van der Waals surface area contributed by atoms with Crippen LogP contribution in [0, 0.1) is 0 Å². The molecule has 6 heteroatoms. The molecule has 0 aliphatic heterocycles. The Morgan fingerprint density at radius 3 is 1.67 bits per heavy atom. The molecule has 6 aromatic carbocycles. The van der Waals surface area contributed by atoms with Crippen LogP contribution < -0.4 is 0 Å². The normalized spacial score (nSPS) is 11.7. The van der Waals surface area contributed by atoms with E-state index in [4.69, 9.17) is 35.4 Å². The molecule has 0 saturated carbocycles. The summed E-state index contributed by atoms with van der Waals surface area (Å²) in [6, 6.07) is 44.5. The number of aromatic nitrogens is 3. The standard InChI is InChI=1S/C39H22ClN3O2/c40-32-14-7-13-29-31-22-27(17-19-35(31)45-36(29)32)39-42-37(25-11-6-10-24(20-25)23-8-2-1-3-9-23)41-38(43-39)26-16-18-34-30(21-26)28-12-4-5-15-33(28)44-34/h1-22H. The lowest BCUT2D eigenvalue weighted by Crippen LogP contribution is -2.00. The molecule has 9 rings (SSSR count). The number of benzene rings is 6. The zero-order valence-corrected chi connectivity index (χ0v) is 24.5. The fraction of sp³-hybridized carbons (Fsp3) is 0. The molecule has 5 nitrogen and oxygen atoms in total. The number of fused-ring (bicyclic) bond motifs is 6. The highest BCUT2D eigenvalue weighted by molar-refractivity contribution is 6.35. The predicted octanol–water partition coefficient (Wildman–Crippen LogP) is 11.0. The van der Waals surface area contributed by atoms with Crippen molar-refractivity contribution in [3.63, 3.8) is 0 Å². The fourth-order valence-electron chi connectivity index (χ4n) is 6.00. The third-order valence-corrected chi connectivity index (χ3v) is 8.50. The number of halogens is 1. The summed E-state index contributed by atoms with van der Waals surface area (Å²) in [5.74, 6) is 1.73. The van der Waals surface area contributed by atoms with Gasteiger partial charge in [-0.15, -0.1) is 0 Å². The van der Waals surface area contributed by atoms with Gasteiger partial charge in [-0.1, -0.05) is 90.5 Å². The van der Waals surface area contributed by atoms with E-state index in [-0.39, 0.29) is 0 Å². The maximum Gasteiger partial charge on any atom is 0.164 e. The van der Waals surface area contributed by atoms with Crippen molar-refractivity contribution in [1.29, 1.82) is 0 Å². The van der Waals surface area contributed by atoms with Crippen LogP contribution in [0.2, 0.25) is 5.02 Å². The molecule has 3 aromatic heterocycles. The highest BCUT2D eigenvalue weighted by Gasteiger charge is 2.17. The van der Waals surface area contributed by atoms with E-state index in [0.717, 1.165) is 66.1 Å². The van der Waals surface area contributed by atoms with Crippen molar-refractivity contribution in [2.24, 2.45) is 0 Å². The van der Waals surface area contributed by atoms with Crippen molar-refractivity contribution in [3.8, 4) is 45.3 Å². The molecule has 0 aliphatic rings. The Morgan fingerprint density at radius 2 is 0.911 bits per heavy atom. The van der Waals surface area contributed by atoms with Crippen molar-refractivity contribution in [2.75, 3.05) is 0 Å². The molecule has 3 heterocycles. The molecule has 0 N–H and O–H groups in total. The Kier molecular flexibility index (Phi) is 5.80. The summed E-state index contributed by atoms with van der Waals surface area (Å²) >= 11 is 6.46. The van der Waals surface area contributed by atoms with Gasteiger partial charge in [0.1, 0.15) is 16.7 Å². The second-order valence-corrected chi connectivity index (χ2v) is 11.4. The molecular formula is C39H22ClN3O2. The van der Waals surface area contributed by atoms with Crippen molar-refractivity contribution < 1.29 is 8.83 Å². The molecule has 0 spiro atoms. The largest absolute Gasteiger partial charge is 0.456 e. The van der Waals surface area contributed by atoms with Crippen LogP contribution in [0.25, 0.3) is 89.2 Å². The molecule has 0 radical (unpaired) electrons. The van der Waals surface area contributed by atoms with Crippen LogP contribution in [0.15, 0.2) is 142 Å². The molecule has 45 heavy (non-hydrogen) atoms. The van der Waals surface area contributed by atoms with Gasteiger partial charge in [0.05, 0.1) is 5.02 Å². The van der Waals surface area contributed by atoms with E-state index < -0.39 is 0 Å². The van der Waals surface area contributed by atoms with Gasteiger partial charge in [0.25, 0.3) is 0 Å². The lowest BCUT2D eigenvalue weighted by atomic mass is 10.0. The molecule has 0 atom stereocenters.